The summed E-state index contributed by atoms with van der Waals surface area (Å²) in [5.74, 6) is 0. The quantitative estimate of drug-likeness (QED) is 0.231. The van der Waals surface area contributed by atoms with Crippen LogP contribution in [0.5, 0.6) is 0 Å². The van der Waals surface area contributed by atoms with Crippen molar-refractivity contribution < 1.29 is 38.0 Å². The second kappa shape index (κ2) is 14.1. The Balaban J connectivity index is -0.0000000221. The van der Waals surface area contributed by atoms with Gasteiger partial charge in [0, 0.05) is 10.4 Å². The normalized spacial score (nSPS) is 6.83. The van der Waals surface area contributed by atoms with E-state index in [1.54, 1.807) is 0 Å². The maximum atomic E-state index is 8.52. The van der Waals surface area contributed by atoms with Crippen LogP contribution in [0.25, 0.3) is 0 Å². The maximum Gasteiger partial charge on any atom is 4.00 e. The van der Waals surface area contributed by atoms with E-state index in [4.69, 9.17) is 32.5 Å². The number of hydrogen-bond donors (Lipinski definition) is 0. The zero-order valence-corrected chi connectivity index (χ0v) is 9.45. The standard InChI is InChI=1S/CH2O3.Ca.H2O4S.H2O.Si/c2-1(3)4;;1-5(2,3)4;;/h(H2,2,3,4);;(H2,1,2,3,4);1H2;/q;+2;;;+4/p-5. The van der Waals surface area contributed by atoms with Crippen LogP contribution >= 0.6 is 0 Å². The van der Waals surface area contributed by atoms with Gasteiger partial charge < -0.3 is 29.6 Å². The summed E-state index contributed by atoms with van der Waals surface area (Å²) in [6, 6.07) is 0. The van der Waals surface area contributed by atoms with Gasteiger partial charge in [-0.1, -0.05) is 0 Å². The number of carboxylic acid groups (broad SMARTS) is 2. The molecule has 0 radical (unpaired) electrons. The van der Waals surface area contributed by atoms with Gasteiger partial charge in [-0.25, -0.2) is 0 Å². The molecule has 0 unspecified atom stereocenters. The Morgan fingerprint density at radius 2 is 1.08 bits per heavy atom. The molecule has 0 aromatic rings. The number of carbonyl (C=O) groups is 1. The molecule has 0 saturated heterocycles. The van der Waals surface area contributed by atoms with Crippen LogP contribution in [0.1, 0.15) is 0 Å². The summed E-state index contributed by atoms with van der Waals surface area (Å²) in [6.07, 6.45) is -2.33. The molecule has 64 valence electrons. The fraction of sp³-hybridized carbons (Fsp3) is 0. The summed E-state index contributed by atoms with van der Waals surface area (Å²) < 4.78 is 34.1. The molecule has 0 fully saturated rings. The van der Waals surface area contributed by atoms with Crippen molar-refractivity contribution in [2.24, 2.45) is 0 Å². The third-order valence-electron chi connectivity index (χ3n) is 0. The minimum absolute atomic E-state index is 0. The molecule has 12 heavy (non-hydrogen) atoms. The van der Waals surface area contributed by atoms with E-state index in [-0.39, 0.29) is 54.2 Å². The molecule has 0 aliphatic heterocycles. The zero-order valence-electron chi connectivity index (χ0n) is 5.42. The third-order valence-corrected chi connectivity index (χ3v) is 0. The van der Waals surface area contributed by atoms with E-state index in [0.29, 0.717) is 0 Å². The average Bonchev–Trinajstić information content (AvgIpc) is 1.19. The van der Waals surface area contributed by atoms with E-state index in [0.717, 1.165) is 0 Å². The van der Waals surface area contributed by atoms with Gasteiger partial charge >= 0.3 is 48.7 Å². The van der Waals surface area contributed by atoms with Crippen molar-refractivity contribution in [2.45, 2.75) is 0 Å². The molecular weight excluding hydrogens is 240 g/mol. The van der Waals surface area contributed by atoms with E-state index in [2.05, 4.69) is 0 Å². The minimum atomic E-state index is -5.17. The van der Waals surface area contributed by atoms with E-state index in [1.807, 2.05) is 0 Å². The molecule has 0 heterocycles. The van der Waals surface area contributed by atoms with E-state index in [1.165, 1.54) is 0 Å². The molecular formula is CHCaO8SSi+. The van der Waals surface area contributed by atoms with Gasteiger partial charge in [0.25, 0.3) is 0 Å². The average molecular weight is 241 g/mol. The van der Waals surface area contributed by atoms with Gasteiger partial charge in [-0.05, 0) is 6.16 Å². The van der Waals surface area contributed by atoms with Crippen LogP contribution in [0.4, 0.5) is 4.79 Å². The number of rotatable bonds is 0. The van der Waals surface area contributed by atoms with Crippen LogP contribution in [-0.2, 0) is 10.4 Å². The molecule has 0 rings (SSSR count). The molecule has 0 aliphatic carbocycles. The molecule has 0 saturated carbocycles. The maximum absolute atomic E-state index is 8.52. The predicted molar refractivity (Wildman–Crippen MR) is 29.3 cm³/mol. The Bertz CT molecular complexity index is 161. The number of hydrogen-bond acceptors (Lipinski definition) is 8. The molecule has 0 aliphatic rings. The van der Waals surface area contributed by atoms with Crippen molar-refractivity contribution in [1.82, 2.24) is 0 Å². The Hall–Kier alpha value is 0.577. The van der Waals surface area contributed by atoms with E-state index < -0.39 is 16.6 Å². The Morgan fingerprint density at radius 3 is 1.08 bits per heavy atom. The molecule has 0 amide bonds. The van der Waals surface area contributed by atoms with Crippen molar-refractivity contribution in [1.29, 1.82) is 0 Å². The van der Waals surface area contributed by atoms with Gasteiger partial charge in [-0.2, -0.15) is 0 Å². The summed E-state index contributed by atoms with van der Waals surface area (Å²) >= 11 is 0. The Labute approximate surface area is 102 Å². The second-order valence-electron chi connectivity index (χ2n) is 0.658. The van der Waals surface area contributed by atoms with Crippen LogP contribution in [0.15, 0.2) is 0 Å². The first-order valence-corrected chi connectivity index (χ1v) is 2.61. The van der Waals surface area contributed by atoms with Crippen molar-refractivity contribution >= 4 is 65.3 Å². The van der Waals surface area contributed by atoms with Crippen molar-refractivity contribution in [2.75, 3.05) is 0 Å². The van der Waals surface area contributed by atoms with Gasteiger partial charge in [0.1, 0.15) is 0 Å². The van der Waals surface area contributed by atoms with Crippen molar-refractivity contribution in [3.8, 4) is 0 Å². The predicted octanol–water partition coefficient (Wildman–Crippen LogP) is -4.72. The molecule has 0 aromatic heterocycles. The third kappa shape index (κ3) is 2920. The Morgan fingerprint density at radius 1 is 1.08 bits per heavy atom. The summed E-state index contributed by atoms with van der Waals surface area (Å²) in [6.45, 7) is 0. The Kier molecular flexibility index (Phi) is 34.5. The first-order chi connectivity index (χ1) is 3.73. The van der Waals surface area contributed by atoms with Crippen molar-refractivity contribution in [3.63, 3.8) is 0 Å². The van der Waals surface area contributed by atoms with Crippen LogP contribution in [0.2, 0.25) is 0 Å². The van der Waals surface area contributed by atoms with Gasteiger partial charge in [-0.15, -0.1) is 0 Å². The van der Waals surface area contributed by atoms with Gasteiger partial charge in [0.2, 0.25) is 0 Å². The fourth-order valence-corrected chi connectivity index (χ4v) is 0. The SMILES string of the molecule is O=C([O-])[O-].O=S(=O)([O-])[O-].[Ca+2].[OH-].[Si+4]. The molecule has 11 heteroatoms. The fourth-order valence-electron chi connectivity index (χ4n) is 0. The van der Waals surface area contributed by atoms with E-state index >= 15 is 0 Å². The first-order valence-electron chi connectivity index (χ1n) is 1.28. The molecule has 0 aromatic carbocycles. The topological polar surface area (TPSA) is 173 Å². The van der Waals surface area contributed by atoms with Gasteiger partial charge in [0.15, 0.2) is 0 Å². The first kappa shape index (κ1) is 29.4. The van der Waals surface area contributed by atoms with Gasteiger partial charge in [0.05, 0.1) is 0 Å². The summed E-state index contributed by atoms with van der Waals surface area (Å²) in [5, 5.41) is 16.7. The summed E-state index contributed by atoms with van der Waals surface area (Å²) in [4.78, 5) is 8.33. The van der Waals surface area contributed by atoms with Crippen LogP contribution < -0.4 is 10.2 Å². The largest absolute Gasteiger partial charge is 4.00 e. The molecule has 8 nitrogen and oxygen atoms in total. The monoisotopic (exact) mass is 241 g/mol. The molecule has 0 atom stereocenters. The summed E-state index contributed by atoms with van der Waals surface area (Å²) in [7, 11) is -5.17. The molecule has 0 spiro atoms. The van der Waals surface area contributed by atoms with Crippen molar-refractivity contribution in [3.05, 3.63) is 0 Å². The van der Waals surface area contributed by atoms with Crippen LogP contribution in [0, 0.1) is 0 Å². The summed E-state index contributed by atoms with van der Waals surface area (Å²) in [5.41, 5.74) is 0. The number of carbonyl (C=O) groups excluding carboxylic acids is 1. The second-order valence-corrected chi connectivity index (χ2v) is 1.47. The van der Waals surface area contributed by atoms with Gasteiger partial charge in [-0.3, -0.25) is 8.42 Å². The molecule has 1 N–H and O–H groups in total. The van der Waals surface area contributed by atoms with Crippen LogP contribution in [0.3, 0.4) is 0 Å². The van der Waals surface area contributed by atoms with Crippen LogP contribution in [-0.4, -0.2) is 77.9 Å². The minimum Gasteiger partial charge on any atom is -0.870 e. The zero-order chi connectivity index (χ0) is 8.08. The van der Waals surface area contributed by atoms with E-state index in [9.17, 15) is 0 Å². The smallest absolute Gasteiger partial charge is 0.870 e. The molecule has 0 bridgehead atoms.